The monoisotopic (exact) mass is 268 g/mol. The molecule has 2 nitrogen and oxygen atoms in total. The van der Waals surface area contributed by atoms with Crippen LogP contribution in [0.3, 0.4) is 0 Å². The third kappa shape index (κ3) is 0.960. The van der Waals surface area contributed by atoms with Crippen molar-refractivity contribution in [3.63, 3.8) is 0 Å². The first-order chi connectivity index (χ1) is 8.07. The van der Waals surface area contributed by atoms with Crippen molar-refractivity contribution in [3.8, 4) is 6.07 Å². The largest absolute Gasteiger partial charge is 0.323 e. The molecule has 1 fully saturated rings. The Balaban J connectivity index is 2.83. The van der Waals surface area contributed by atoms with Crippen molar-refractivity contribution in [2.75, 3.05) is 0 Å². The van der Waals surface area contributed by atoms with Crippen LogP contribution in [0.2, 0.25) is 0 Å². The molecule has 1 saturated carbocycles. The van der Waals surface area contributed by atoms with E-state index in [1.54, 1.807) is 0 Å². The molecular formula is C10H6F6N2. The van der Waals surface area contributed by atoms with Crippen molar-refractivity contribution in [1.82, 2.24) is 0 Å². The molecule has 4 unspecified atom stereocenters. The van der Waals surface area contributed by atoms with E-state index < -0.39 is 34.8 Å². The highest BCUT2D eigenvalue weighted by atomic mass is 19.3. The highest BCUT2D eigenvalue weighted by Crippen LogP contribution is 2.63. The van der Waals surface area contributed by atoms with Crippen molar-refractivity contribution in [1.29, 1.82) is 5.26 Å². The van der Waals surface area contributed by atoms with Gasteiger partial charge in [-0.3, -0.25) is 5.73 Å². The van der Waals surface area contributed by atoms with E-state index >= 15 is 0 Å². The molecule has 4 atom stereocenters. The Morgan fingerprint density at radius 3 is 2.28 bits per heavy atom. The molecular weight excluding hydrogens is 262 g/mol. The van der Waals surface area contributed by atoms with E-state index in [1.165, 1.54) is 0 Å². The molecule has 0 aromatic rings. The molecule has 98 valence electrons. The standard InChI is InChI=1S/C10H6F6N2/c11-6-3-1-2-5-8(6,13)7(12,4-17)10(16,18)9(5,14)15/h1-3,6H,18H2. The third-order valence-electron chi connectivity index (χ3n) is 3.27. The maximum Gasteiger partial charge on any atom is 0.323 e. The normalized spacial score (nSPS) is 49.4. The van der Waals surface area contributed by atoms with Gasteiger partial charge in [0, 0.05) is 5.57 Å². The number of nitrogens with two attached hydrogens (primary N) is 1. The number of alkyl halides is 6. The van der Waals surface area contributed by atoms with Gasteiger partial charge in [-0.05, 0) is 6.08 Å². The van der Waals surface area contributed by atoms with Crippen molar-refractivity contribution >= 4 is 0 Å². The summed E-state index contributed by atoms with van der Waals surface area (Å²) >= 11 is 0. The van der Waals surface area contributed by atoms with Gasteiger partial charge in [0.2, 0.25) is 5.67 Å². The van der Waals surface area contributed by atoms with Gasteiger partial charge in [0.25, 0.3) is 11.5 Å². The van der Waals surface area contributed by atoms with E-state index in [-0.39, 0.29) is 0 Å². The molecule has 0 bridgehead atoms. The highest BCUT2D eigenvalue weighted by Gasteiger charge is 2.88. The maximum absolute atomic E-state index is 14.3. The van der Waals surface area contributed by atoms with Crippen LogP contribution in [0.15, 0.2) is 23.8 Å². The zero-order valence-electron chi connectivity index (χ0n) is 8.60. The summed E-state index contributed by atoms with van der Waals surface area (Å²) in [5, 5.41) is 8.48. The minimum absolute atomic E-state index is 0.329. The third-order valence-corrected chi connectivity index (χ3v) is 3.27. The predicted octanol–water partition coefficient (Wildman–Crippen LogP) is 2.03. The second-order valence-corrected chi connectivity index (χ2v) is 4.14. The van der Waals surface area contributed by atoms with Gasteiger partial charge in [-0.15, -0.1) is 0 Å². The number of halogens is 6. The minimum atomic E-state index is -4.83. The summed E-state index contributed by atoms with van der Waals surface area (Å²) in [6.45, 7) is 0. The molecule has 0 aliphatic heterocycles. The van der Waals surface area contributed by atoms with Crippen LogP contribution in [-0.4, -0.2) is 29.2 Å². The Hall–Kier alpha value is -1.49. The van der Waals surface area contributed by atoms with Crippen molar-refractivity contribution < 1.29 is 26.3 Å². The summed E-state index contributed by atoms with van der Waals surface area (Å²) < 4.78 is 82.6. The SMILES string of the molecule is N#CC1(F)C2(F)C(=CC=CC2F)C(F)(F)C1(N)F. The van der Waals surface area contributed by atoms with Crippen LogP contribution >= 0.6 is 0 Å². The first-order valence-electron chi connectivity index (χ1n) is 4.75. The average molecular weight is 268 g/mol. The fourth-order valence-electron chi connectivity index (χ4n) is 2.20. The second-order valence-electron chi connectivity index (χ2n) is 4.14. The van der Waals surface area contributed by atoms with Crippen LogP contribution in [0.4, 0.5) is 26.3 Å². The molecule has 8 heteroatoms. The first-order valence-corrected chi connectivity index (χ1v) is 4.75. The quantitative estimate of drug-likeness (QED) is 0.540. The molecule has 0 radical (unpaired) electrons. The maximum atomic E-state index is 14.3. The van der Waals surface area contributed by atoms with Gasteiger partial charge < -0.3 is 0 Å². The summed E-state index contributed by atoms with van der Waals surface area (Å²) in [6.07, 6.45) is -1.51. The van der Waals surface area contributed by atoms with Gasteiger partial charge >= 0.3 is 5.92 Å². The molecule has 18 heavy (non-hydrogen) atoms. The van der Waals surface area contributed by atoms with E-state index in [4.69, 9.17) is 5.26 Å². The van der Waals surface area contributed by atoms with Crippen molar-refractivity contribution in [2.24, 2.45) is 5.73 Å². The van der Waals surface area contributed by atoms with E-state index in [2.05, 4.69) is 5.73 Å². The summed E-state index contributed by atoms with van der Waals surface area (Å²) in [5.74, 6) is -9.49. The summed E-state index contributed by atoms with van der Waals surface area (Å²) in [4.78, 5) is 0. The smallest absolute Gasteiger partial charge is 0.290 e. The van der Waals surface area contributed by atoms with Crippen molar-refractivity contribution in [3.05, 3.63) is 23.8 Å². The van der Waals surface area contributed by atoms with Crippen LogP contribution in [0, 0.1) is 11.3 Å². The molecule has 0 amide bonds. The van der Waals surface area contributed by atoms with E-state index in [1.807, 2.05) is 0 Å². The minimum Gasteiger partial charge on any atom is -0.290 e. The fraction of sp³-hybridized carbons (Fsp3) is 0.500. The zero-order chi connectivity index (χ0) is 14.0. The van der Waals surface area contributed by atoms with Crippen LogP contribution in [0.25, 0.3) is 0 Å². The van der Waals surface area contributed by atoms with Gasteiger partial charge in [0.1, 0.15) is 6.07 Å². The van der Waals surface area contributed by atoms with Crippen LogP contribution in [-0.2, 0) is 0 Å². The summed E-state index contributed by atoms with van der Waals surface area (Å²) in [6, 6.07) is 0.420. The molecule has 0 aromatic heterocycles. The van der Waals surface area contributed by atoms with Gasteiger partial charge in [-0.25, -0.2) is 17.6 Å². The number of hydrogen-bond donors (Lipinski definition) is 1. The second kappa shape index (κ2) is 3.09. The number of nitriles is 1. The molecule has 2 rings (SSSR count). The Bertz CT molecular complexity index is 505. The Kier molecular flexibility index (Phi) is 2.22. The number of allylic oxidation sites excluding steroid dienone is 3. The summed E-state index contributed by atoms with van der Waals surface area (Å²) in [7, 11) is 0. The lowest BCUT2D eigenvalue weighted by atomic mass is 9.80. The van der Waals surface area contributed by atoms with Gasteiger partial charge in [-0.1, -0.05) is 12.2 Å². The van der Waals surface area contributed by atoms with Crippen molar-refractivity contribution in [2.45, 2.75) is 29.2 Å². The van der Waals surface area contributed by atoms with Crippen LogP contribution < -0.4 is 5.73 Å². The molecule has 0 heterocycles. The van der Waals surface area contributed by atoms with E-state index in [0.717, 1.165) is 0 Å². The van der Waals surface area contributed by atoms with Gasteiger partial charge in [0.15, 0.2) is 6.17 Å². The highest BCUT2D eigenvalue weighted by molar-refractivity contribution is 5.54. The number of hydrogen-bond acceptors (Lipinski definition) is 2. The number of fused-ring (bicyclic) bond motifs is 1. The lowest BCUT2D eigenvalue weighted by Crippen LogP contribution is -2.64. The lowest BCUT2D eigenvalue weighted by molar-refractivity contribution is -0.145. The molecule has 0 aromatic carbocycles. The molecule has 2 aliphatic rings. The Labute approximate surface area is 97.4 Å². The molecule has 0 saturated heterocycles. The number of nitrogens with zero attached hydrogens (tertiary/aromatic N) is 1. The average Bonchev–Trinajstić information content (AvgIpc) is 2.38. The molecule has 0 spiro atoms. The van der Waals surface area contributed by atoms with E-state index in [0.29, 0.717) is 24.3 Å². The topological polar surface area (TPSA) is 49.8 Å². The molecule has 2 aliphatic carbocycles. The zero-order valence-corrected chi connectivity index (χ0v) is 8.60. The Morgan fingerprint density at radius 2 is 1.78 bits per heavy atom. The Morgan fingerprint density at radius 1 is 1.22 bits per heavy atom. The first kappa shape index (κ1) is 13.0. The number of rotatable bonds is 0. The summed E-state index contributed by atoms with van der Waals surface area (Å²) in [5.41, 5.74) is -6.02. The van der Waals surface area contributed by atoms with Crippen LogP contribution in [0.5, 0.6) is 0 Å². The van der Waals surface area contributed by atoms with Gasteiger partial charge in [0.05, 0.1) is 0 Å². The van der Waals surface area contributed by atoms with E-state index in [9.17, 15) is 26.3 Å². The fourth-order valence-corrected chi connectivity index (χ4v) is 2.20. The van der Waals surface area contributed by atoms with Gasteiger partial charge in [-0.2, -0.15) is 14.0 Å². The van der Waals surface area contributed by atoms with Crippen LogP contribution in [0.1, 0.15) is 0 Å². The lowest BCUT2D eigenvalue weighted by Gasteiger charge is -2.33. The molecule has 2 N–H and O–H groups in total. The predicted molar refractivity (Wildman–Crippen MR) is 48.4 cm³/mol.